The monoisotopic (exact) mass is 347 g/mol. The quantitative estimate of drug-likeness (QED) is 0.921. The summed E-state index contributed by atoms with van der Waals surface area (Å²) in [5.74, 6) is 1.20. The highest BCUT2D eigenvalue weighted by Crippen LogP contribution is 2.24. The second kappa shape index (κ2) is 7.48. The largest absolute Gasteiger partial charge is 0.470 e. The lowest BCUT2D eigenvalue weighted by Gasteiger charge is -2.32. The third kappa shape index (κ3) is 3.94. The fourth-order valence-corrected chi connectivity index (χ4v) is 3.23. The Morgan fingerprint density at radius 2 is 2.25 bits per heavy atom. The summed E-state index contributed by atoms with van der Waals surface area (Å²) in [6.45, 7) is 1.28. The fraction of sp³-hybridized carbons (Fsp3) is 0.438. The van der Waals surface area contributed by atoms with E-state index >= 15 is 0 Å². The number of ether oxygens (including phenoxy) is 1. The molecule has 0 aromatic carbocycles. The van der Waals surface area contributed by atoms with E-state index in [0.29, 0.717) is 18.2 Å². The number of amides is 2. The molecule has 1 N–H and O–H groups in total. The summed E-state index contributed by atoms with van der Waals surface area (Å²) in [5, 5.41) is 5.71. The first-order chi connectivity index (χ1) is 11.6. The van der Waals surface area contributed by atoms with E-state index in [-0.39, 0.29) is 12.1 Å². The van der Waals surface area contributed by atoms with Gasteiger partial charge in [-0.25, -0.2) is 14.8 Å². The van der Waals surface area contributed by atoms with E-state index in [1.54, 1.807) is 17.3 Å². The molecule has 1 aliphatic heterocycles. The SMILES string of the molecule is CN(C)c1nccnc1O[C@@H]1CCCN(C(=O)Nc2cccs2)C1. The number of likely N-dealkylation sites (tertiary alicyclic amines) is 1. The summed E-state index contributed by atoms with van der Waals surface area (Å²) in [6.07, 6.45) is 4.98. The van der Waals surface area contributed by atoms with Crippen molar-refractivity contribution in [1.29, 1.82) is 0 Å². The Bertz CT molecular complexity index is 677. The molecule has 3 rings (SSSR count). The van der Waals surface area contributed by atoms with Gasteiger partial charge in [-0.3, -0.25) is 5.32 Å². The predicted octanol–water partition coefficient (Wildman–Crippen LogP) is 2.68. The van der Waals surface area contributed by atoms with Gasteiger partial charge in [0.15, 0.2) is 5.82 Å². The Labute approximate surface area is 145 Å². The molecule has 8 heteroatoms. The Balaban J connectivity index is 1.62. The van der Waals surface area contributed by atoms with E-state index in [1.165, 1.54) is 11.3 Å². The van der Waals surface area contributed by atoms with Gasteiger partial charge in [0.05, 0.1) is 11.5 Å². The molecule has 0 unspecified atom stereocenters. The minimum atomic E-state index is -0.0854. The third-order valence-corrected chi connectivity index (χ3v) is 4.55. The van der Waals surface area contributed by atoms with Crippen LogP contribution in [0.25, 0.3) is 0 Å². The molecule has 3 heterocycles. The molecular formula is C16H21N5O2S. The lowest BCUT2D eigenvalue weighted by Crippen LogP contribution is -2.46. The molecule has 24 heavy (non-hydrogen) atoms. The molecule has 0 radical (unpaired) electrons. The maximum absolute atomic E-state index is 12.4. The average Bonchev–Trinajstić information content (AvgIpc) is 3.08. The highest BCUT2D eigenvalue weighted by atomic mass is 32.1. The van der Waals surface area contributed by atoms with Crippen molar-refractivity contribution in [2.75, 3.05) is 37.4 Å². The van der Waals surface area contributed by atoms with Crippen molar-refractivity contribution in [3.63, 3.8) is 0 Å². The number of thiophene rings is 1. The van der Waals surface area contributed by atoms with E-state index in [2.05, 4.69) is 15.3 Å². The molecule has 1 atom stereocenters. The molecule has 2 amide bonds. The standard InChI is InChI=1S/C16H21N5O2S/c1-20(2)14-15(18-8-7-17-14)23-12-5-3-9-21(11-12)16(22)19-13-6-4-10-24-13/h4,6-8,10,12H,3,5,9,11H2,1-2H3,(H,19,22)/t12-/m1/s1. The van der Waals surface area contributed by atoms with Gasteiger partial charge in [0.25, 0.3) is 5.88 Å². The molecular weight excluding hydrogens is 326 g/mol. The van der Waals surface area contributed by atoms with Crippen LogP contribution in [0, 0.1) is 0 Å². The number of carbonyl (C=O) groups excluding carboxylic acids is 1. The van der Waals surface area contributed by atoms with Gasteiger partial charge in [0.2, 0.25) is 0 Å². The number of rotatable bonds is 4. The van der Waals surface area contributed by atoms with Gasteiger partial charge in [-0.05, 0) is 30.4 Å². The van der Waals surface area contributed by atoms with Crippen LogP contribution in [0.4, 0.5) is 15.6 Å². The molecule has 1 fully saturated rings. The summed E-state index contributed by atoms with van der Waals surface area (Å²) in [4.78, 5) is 24.6. The van der Waals surface area contributed by atoms with Gasteiger partial charge in [0, 0.05) is 33.0 Å². The topological polar surface area (TPSA) is 70.6 Å². The van der Waals surface area contributed by atoms with Crippen molar-refractivity contribution in [1.82, 2.24) is 14.9 Å². The Kier molecular flexibility index (Phi) is 5.14. The molecule has 0 aliphatic carbocycles. The predicted molar refractivity (Wildman–Crippen MR) is 94.9 cm³/mol. The minimum Gasteiger partial charge on any atom is -0.470 e. The van der Waals surface area contributed by atoms with Crippen LogP contribution in [0.5, 0.6) is 5.88 Å². The van der Waals surface area contributed by atoms with Crippen LogP contribution in [-0.4, -0.2) is 54.2 Å². The number of piperidine rings is 1. The molecule has 128 valence electrons. The van der Waals surface area contributed by atoms with E-state index in [9.17, 15) is 4.79 Å². The fourth-order valence-electron chi connectivity index (χ4n) is 2.62. The van der Waals surface area contributed by atoms with E-state index in [1.807, 2.05) is 36.5 Å². The van der Waals surface area contributed by atoms with Crippen molar-refractivity contribution in [3.8, 4) is 5.88 Å². The van der Waals surface area contributed by atoms with Crippen molar-refractivity contribution >= 4 is 28.2 Å². The smallest absolute Gasteiger partial charge is 0.322 e. The summed E-state index contributed by atoms with van der Waals surface area (Å²) in [6, 6.07) is 3.72. The molecule has 1 saturated heterocycles. The first-order valence-corrected chi connectivity index (χ1v) is 8.76. The van der Waals surface area contributed by atoms with Gasteiger partial charge in [-0.1, -0.05) is 0 Å². The van der Waals surface area contributed by atoms with Gasteiger partial charge < -0.3 is 14.5 Å². The minimum absolute atomic E-state index is 0.0803. The van der Waals surface area contributed by atoms with E-state index < -0.39 is 0 Å². The normalized spacial score (nSPS) is 17.4. The highest BCUT2D eigenvalue weighted by molar-refractivity contribution is 7.14. The first-order valence-electron chi connectivity index (χ1n) is 7.88. The summed E-state index contributed by atoms with van der Waals surface area (Å²) in [7, 11) is 3.80. The number of urea groups is 1. The molecule has 2 aromatic rings. The zero-order valence-corrected chi connectivity index (χ0v) is 14.6. The van der Waals surface area contributed by atoms with Crippen LogP contribution < -0.4 is 15.0 Å². The van der Waals surface area contributed by atoms with Crippen LogP contribution in [-0.2, 0) is 0 Å². The molecule has 1 aliphatic rings. The van der Waals surface area contributed by atoms with Gasteiger partial charge in [-0.15, -0.1) is 11.3 Å². The van der Waals surface area contributed by atoms with Crippen LogP contribution in [0.1, 0.15) is 12.8 Å². The van der Waals surface area contributed by atoms with Crippen LogP contribution in [0.15, 0.2) is 29.9 Å². The number of carbonyl (C=O) groups is 1. The maximum atomic E-state index is 12.4. The summed E-state index contributed by atoms with van der Waals surface area (Å²) >= 11 is 1.51. The average molecular weight is 347 g/mol. The molecule has 0 spiro atoms. The lowest BCUT2D eigenvalue weighted by atomic mass is 10.1. The summed E-state index contributed by atoms with van der Waals surface area (Å²) in [5.41, 5.74) is 0. The second-order valence-corrected chi connectivity index (χ2v) is 6.76. The molecule has 0 saturated carbocycles. The Morgan fingerprint density at radius 3 is 3.00 bits per heavy atom. The molecule has 0 bridgehead atoms. The number of hydrogen-bond donors (Lipinski definition) is 1. The van der Waals surface area contributed by atoms with Gasteiger partial charge in [-0.2, -0.15) is 0 Å². The van der Waals surface area contributed by atoms with Gasteiger partial charge >= 0.3 is 6.03 Å². The number of nitrogens with zero attached hydrogens (tertiary/aromatic N) is 4. The Morgan fingerprint density at radius 1 is 1.42 bits per heavy atom. The molecule has 7 nitrogen and oxygen atoms in total. The lowest BCUT2D eigenvalue weighted by molar-refractivity contribution is 0.103. The van der Waals surface area contributed by atoms with Crippen LogP contribution in [0.2, 0.25) is 0 Å². The highest BCUT2D eigenvalue weighted by Gasteiger charge is 2.26. The number of aromatic nitrogens is 2. The summed E-state index contributed by atoms with van der Waals surface area (Å²) < 4.78 is 6.03. The number of hydrogen-bond acceptors (Lipinski definition) is 6. The Hall–Kier alpha value is -2.35. The van der Waals surface area contributed by atoms with Gasteiger partial charge in [0.1, 0.15) is 6.10 Å². The third-order valence-electron chi connectivity index (χ3n) is 3.77. The number of anilines is 2. The second-order valence-electron chi connectivity index (χ2n) is 5.82. The van der Waals surface area contributed by atoms with E-state index in [4.69, 9.17) is 4.74 Å². The van der Waals surface area contributed by atoms with Crippen LogP contribution in [0.3, 0.4) is 0 Å². The zero-order valence-electron chi connectivity index (χ0n) is 13.8. The maximum Gasteiger partial charge on any atom is 0.322 e. The van der Waals surface area contributed by atoms with E-state index in [0.717, 1.165) is 24.4 Å². The first kappa shape index (κ1) is 16.5. The van der Waals surface area contributed by atoms with Crippen molar-refractivity contribution in [2.45, 2.75) is 18.9 Å². The molecule has 2 aromatic heterocycles. The van der Waals surface area contributed by atoms with Crippen molar-refractivity contribution in [3.05, 3.63) is 29.9 Å². The number of nitrogens with one attached hydrogen (secondary N) is 1. The van der Waals surface area contributed by atoms with Crippen molar-refractivity contribution in [2.24, 2.45) is 0 Å². The van der Waals surface area contributed by atoms with Crippen LogP contribution >= 0.6 is 11.3 Å². The van der Waals surface area contributed by atoms with Crippen molar-refractivity contribution < 1.29 is 9.53 Å². The zero-order chi connectivity index (χ0) is 16.9.